The number of allylic oxidation sites excluding steroid dienone is 1. The van der Waals surface area contributed by atoms with Crippen molar-refractivity contribution in [2.45, 2.75) is 30.8 Å². The van der Waals surface area contributed by atoms with E-state index in [-0.39, 0.29) is 17.7 Å². The highest BCUT2D eigenvalue weighted by Crippen LogP contribution is 2.63. The first-order valence-corrected chi connectivity index (χ1v) is 8.34. The molecule has 1 aromatic rings. The van der Waals surface area contributed by atoms with Crippen molar-refractivity contribution in [2.24, 2.45) is 5.92 Å². The molecule has 0 radical (unpaired) electrons. The molecule has 2 N–H and O–H groups in total. The Balaban J connectivity index is 1.79. The Labute approximate surface area is 131 Å². The number of benzene rings is 1. The number of nitrogens with zero attached hydrogens (tertiary/aromatic N) is 1. The largest absolute Gasteiger partial charge is 0.392 e. The van der Waals surface area contributed by atoms with Crippen LogP contribution in [0.5, 0.6) is 0 Å². The fraction of sp³-hybridized carbons (Fsp3) is 0.474. The second-order valence-electron chi connectivity index (χ2n) is 7.17. The second-order valence-corrected chi connectivity index (χ2v) is 7.17. The Morgan fingerprint density at radius 2 is 2.27 bits per heavy atom. The zero-order chi connectivity index (χ0) is 14.9. The van der Waals surface area contributed by atoms with E-state index in [0.29, 0.717) is 5.92 Å². The molecule has 3 heteroatoms. The van der Waals surface area contributed by atoms with Gasteiger partial charge in [-0.2, -0.15) is 0 Å². The van der Waals surface area contributed by atoms with Crippen LogP contribution in [-0.2, 0) is 5.41 Å². The van der Waals surface area contributed by atoms with Crippen LogP contribution in [0.15, 0.2) is 47.6 Å². The average molecular weight is 294 g/mol. The Kier molecular flexibility index (Phi) is 2.37. The smallest absolute Gasteiger partial charge is 0.105 e. The van der Waals surface area contributed by atoms with Crippen LogP contribution in [0.4, 0.5) is 5.69 Å². The molecule has 2 fully saturated rings. The van der Waals surface area contributed by atoms with Crippen LogP contribution in [-0.4, -0.2) is 35.4 Å². The highest BCUT2D eigenvalue weighted by molar-refractivity contribution is 5.69. The van der Waals surface area contributed by atoms with Gasteiger partial charge in [0.2, 0.25) is 0 Å². The number of hydrogen-bond acceptors (Lipinski definition) is 3. The van der Waals surface area contributed by atoms with Gasteiger partial charge in [0.1, 0.15) is 5.66 Å². The van der Waals surface area contributed by atoms with Crippen LogP contribution >= 0.6 is 0 Å². The van der Waals surface area contributed by atoms with E-state index in [1.807, 2.05) is 0 Å². The number of aliphatic hydroxyl groups excluding tert-OH is 1. The molecule has 4 aliphatic rings. The number of rotatable bonds is 1. The predicted octanol–water partition coefficient (Wildman–Crippen LogP) is 2.65. The number of fused-ring (bicyclic) bond motifs is 2. The maximum absolute atomic E-state index is 9.98. The SMILES string of the molecule is C/C=C1\CN2CC[C@]34C=C(CO)[C@H]1C[C@]23Nc1ccccc14. The van der Waals surface area contributed by atoms with E-state index in [9.17, 15) is 5.11 Å². The minimum atomic E-state index is 0.0204. The Hall–Kier alpha value is -1.58. The number of nitrogens with one attached hydrogen (secondary N) is 1. The molecule has 5 rings (SSSR count). The summed E-state index contributed by atoms with van der Waals surface area (Å²) >= 11 is 0. The summed E-state index contributed by atoms with van der Waals surface area (Å²) < 4.78 is 0. The summed E-state index contributed by atoms with van der Waals surface area (Å²) in [4.78, 5) is 2.64. The Morgan fingerprint density at radius 1 is 1.41 bits per heavy atom. The summed E-state index contributed by atoms with van der Waals surface area (Å²) in [5.74, 6) is 0.402. The maximum Gasteiger partial charge on any atom is 0.105 e. The topological polar surface area (TPSA) is 35.5 Å². The molecule has 114 valence electrons. The molecule has 0 unspecified atom stereocenters. The third-order valence-corrected chi connectivity index (χ3v) is 6.56. The summed E-state index contributed by atoms with van der Waals surface area (Å²) in [6, 6.07) is 8.75. The van der Waals surface area contributed by atoms with E-state index < -0.39 is 0 Å². The molecule has 1 aliphatic carbocycles. The first-order valence-electron chi connectivity index (χ1n) is 8.34. The normalized spacial score (nSPS) is 40.2. The van der Waals surface area contributed by atoms with Crippen LogP contribution < -0.4 is 5.32 Å². The van der Waals surface area contributed by atoms with Gasteiger partial charge in [-0.25, -0.2) is 0 Å². The van der Waals surface area contributed by atoms with E-state index in [0.717, 1.165) is 25.9 Å². The molecule has 3 heterocycles. The summed E-state index contributed by atoms with van der Waals surface area (Å²) in [7, 11) is 0. The predicted molar refractivity (Wildman–Crippen MR) is 87.7 cm³/mol. The van der Waals surface area contributed by atoms with Crippen molar-refractivity contribution < 1.29 is 5.11 Å². The van der Waals surface area contributed by atoms with Gasteiger partial charge in [0.25, 0.3) is 0 Å². The third kappa shape index (κ3) is 1.23. The van der Waals surface area contributed by atoms with E-state index in [1.54, 1.807) is 0 Å². The van der Waals surface area contributed by atoms with Crippen LogP contribution in [0.25, 0.3) is 0 Å². The monoisotopic (exact) mass is 294 g/mol. The number of aliphatic hydroxyl groups is 1. The van der Waals surface area contributed by atoms with Crippen LogP contribution in [0.2, 0.25) is 0 Å². The van der Waals surface area contributed by atoms with Gasteiger partial charge in [-0.05, 0) is 37.0 Å². The molecule has 3 nitrogen and oxygen atoms in total. The first-order chi connectivity index (χ1) is 10.7. The molecule has 0 saturated carbocycles. The highest BCUT2D eigenvalue weighted by Gasteiger charge is 2.67. The fourth-order valence-corrected chi connectivity index (χ4v) is 5.58. The van der Waals surface area contributed by atoms with Gasteiger partial charge in [0.15, 0.2) is 0 Å². The van der Waals surface area contributed by atoms with Gasteiger partial charge in [-0.3, -0.25) is 4.90 Å². The maximum atomic E-state index is 9.98. The van der Waals surface area contributed by atoms with Gasteiger partial charge in [0.05, 0.1) is 12.0 Å². The molecular formula is C19H22N2O. The zero-order valence-electron chi connectivity index (χ0n) is 13.0. The molecule has 2 saturated heterocycles. The average Bonchev–Trinajstić information content (AvgIpc) is 3.03. The van der Waals surface area contributed by atoms with Crippen molar-refractivity contribution in [3.63, 3.8) is 0 Å². The lowest BCUT2D eigenvalue weighted by Gasteiger charge is -2.54. The molecule has 2 bridgehead atoms. The number of hydrogen-bond donors (Lipinski definition) is 2. The molecule has 0 amide bonds. The third-order valence-electron chi connectivity index (χ3n) is 6.56. The van der Waals surface area contributed by atoms with Crippen molar-refractivity contribution in [3.8, 4) is 0 Å². The van der Waals surface area contributed by atoms with E-state index in [2.05, 4.69) is 53.6 Å². The van der Waals surface area contributed by atoms with Crippen LogP contribution in [0.1, 0.15) is 25.3 Å². The first kappa shape index (κ1) is 12.9. The van der Waals surface area contributed by atoms with E-state index in [1.165, 1.54) is 22.4 Å². The lowest BCUT2D eigenvalue weighted by Crippen LogP contribution is -2.63. The minimum Gasteiger partial charge on any atom is -0.392 e. The Bertz CT molecular complexity index is 722. The van der Waals surface area contributed by atoms with Crippen molar-refractivity contribution in [3.05, 3.63) is 53.1 Å². The van der Waals surface area contributed by atoms with Crippen molar-refractivity contribution in [2.75, 3.05) is 25.0 Å². The molecule has 0 aromatic heterocycles. The highest BCUT2D eigenvalue weighted by atomic mass is 16.3. The quantitative estimate of drug-likeness (QED) is 0.782. The lowest BCUT2D eigenvalue weighted by molar-refractivity contribution is 0.0821. The number of piperidine rings is 1. The molecule has 3 atom stereocenters. The van der Waals surface area contributed by atoms with Gasteiger partial charge < -0.3 is 10.4 Å². The van der Waals surface area contributed by atoms with Crippen molar-refractivity contribution in [1.29, 1.82) is 0 Å². The van der Waals surface area contributed by atoms with Gasteiger partial charge >= 0.3 is 0 Å². The van der Waals surface area contributed by atoms with Crippen LogP contribution in [0, 0.1) is 5.92 Å². The molecule has 3 aliphatic heterocycles. The van der Waals surface area contributed by atoms with Gasteiger partial charge in [-0.15, -0.1) is 0 Å². The molecule has 1 spiro atoms. The summed E-state index contributed by atoms with van der Waals surface area (Å²) in [6.07, 6.45) is 6.90. The van der Waals surface area contributed by atoms with Gasteiger partial charge in [-0.1, -0.05) is 35.9 Å². The fourth-order valence-electron chi connectivity index (χ4n) is 5.58. The number of para-hydroxylation sites is 1. The standard InChI is InChI=1S/C19H22N2O/c1-2-13-11-21-8-7-18-9-14(12-22)15(13)10-19(18,21)20-17-6-4-3-5-16(17)18/h2-6,9,15,20,22H,7-8,10-12H2,1H3/b13-2+/t15-,18+,19-/m0/s1. The van der Waals surface area contributed by atoms with Crippen molar-refractivity contribution >= 4 is 5.69 Å². The van der Waals surface area contributed by atoms with Crippen molar-refractivity contribution in [1.82, 2.24) is 4.90 Å². The molecule has 22 heavy (non-hydrogen) atoms. The summed E-state index contributed by atoms with van der Waals surface area (Å²) in [5, 5.41) is 13.9. The van der Waals surface area contributed by atoms with E-state index in [4.69, 9.17) is 0 Å². The summed E-state index contributed by atoms with van der Waals surface area (Å²) in [6.45, 7) is 4.47. The second kappa shape index (κ2) is 4.03. The lowest BCUT2D eigenvalue weighted by atomic mass is 9.61. The van der Waals surface area contributed by atoms with E-state index >= 15 is 0 Å². The van der Waals surface area contributed by atoms with Crippen LogP contribution in [0.3, 0.4) is 0 Å². The molecule has 1 aromatic carbocycles. The Morgan fingerprint density at radius 3 is 3.09 bits per heavy atom. The summed E-state index contributed by atoms with van der Waals surface area (Å²) in [5.41, 5.74) is 5.46. The van der Waals surface area contributed by atoms with Gasteiger partial charge in [0, 0.05) is 24.7 Å². The zero-order valence-corrected chi connectivity index (χ0v) is 13.0. The molecular weight excluding hydrogens is 272 g/mol. The minimum absolute atomic E-state index is 0.0204. The number of anilines is 1.